The molecule has 21 heavy (non-hydrogen) atoms. The van der Waals surface area contributed by atoms with Crippen LogP contribution in [0.1, 0.15) is 43.5 Å². The van der Waals surface area contributed by atoms with E-state index in [1.807, 2.05) is 29.2 Å². The molecule has 0 saturated carbocycles. The average molecular weight is 283 g/mol. The number of amides is 1. The number of carbonyl (C=O) groups is 1. The summed E-state index contributed by atoms with van der Waals surface area (Å²) in [6.45, 7) is 4.18. The number of fused-ring (bicyclic) bond motifs is 1. The molecule has 1 saturated heterocycles. The SMILES string of the molecule is C[C@@H]1CCC[C@H](C)N1C(=O)c1cc2ccccc2cc1O. The number of nitrogens with zero attached hydrogens (tertiary/aromatic N) is 1. The monoisotopic (exact) mass is 283 g/mol. The molecule has 0 aromatic heterocycles. The first-order chi connectivity index (χ1) is 10.1. The fourth-order valence-electron chi connectivity index (χ4n) is 3.36. The zero-order chi connectivity index (χ0) is 15.0. The Labute approximate surface area is 125 Å². The van der Waals surface area contributed by atoms with E-state index in [2.05, 4.69) is 13.8 Å². The van der Waals surface area contributed by atoms with Crippen LogP contribution in [0.2, 0.25) is 0 Å². The highest BCUT2D eigenvalue weighted by Crippen LogP contribution is 2.30. The van der Waals surface area contributed by atoms with Crippen LogP contribution in [0.3, 0.4) is 0 Å². The highest BCUT2D eigenvalue weighted by molar-refractivity contribution is 6.01. The van der Waals surface area contributed by atoms with E-state index in [0.717, 1.165) is 30.0 Å². The Bertz CT molecular complexity index is 670. The molecule has 1 fully saturated rings. The van der Waals surface area contributed by atoms with Gasteiger partial charge in [0.1, 0.15) is 5.75 Å². The lowest BCUT2D eigenvalue weighted by molar-refractivity contribution is 0.0508. The molecule has 0 aliphatic carbocycles. The summed E-state index contributed by atoms with van der Waals surface area (Å²) < 4.78 is 0. The van der Waals surface area contributed by atoms with Crippen molar-refractivity contribution in [3.05, 3.63) is 42.0 Å². The summed E-state index contributed by atoms with van der Waals surface area (Å²) >= 11 is 0. The number of carbonyl (C=O) groups excluding carboxylic acids is 1. The molecule has 0 spiro atoms. The van der Waals surface area contributed by atoms with Crippen molar-refractivity contribution >= 4 is 16.7 Å². The second-order valence-corrected chi connectivity index (χ2v) is 6.06. The average Bonchev–Trinajstić information content (AvgIpc) is 2.46. The van der Waals surface area contributed by atoms with Gasteiger partial charge in [0.15, 0.2) is 0 Å². The molecule has 1 aliphatic heterocycles. The normalized spacial score (nSPS) is 22.5. The number of hydrogen-bond donors (Lipinski definition) is 1. The van der Waals surface area contributed by atoms with Crippen LogP contribution in [0.25, 0.3) is 10.8 Å². The summed E-state index contributed by atoms with van der Waals surface area (Å²) in [4.78, 5) is 14.8. The Hall–Kier alpha value is -2.03. The molecule has 1 heterocycles. The summed E-state index contributed by atoms with van der Waals surface area (Å²) in [5, 5.41) is 12.2. The van der Waals surface area contributed by atoms with Gasteiger partial charge in [-0.2, -0.15) is 0 Å². The van der Waals surface area contributed by atoms with Gasteiger partial charge in [0.2, 0.25) is 0 Å². The van der Waals surface area contributed by atoms with Crippen LogP contribution in [-0.4, -0.2) is 28.0 Å². The molecule has 2 aromatic rings. The predicted molar refractivity (Wildman–Crippen MR) is 84.6 cm³/mol. The van der Waals surface area contributed by atoms with E-state index in [9.17, 15) is 9.90 Å². The molecule has 1 aliphatic rings. The number of rotatable bonds is 1. The van der Waals surface area contributed by atoms with Gasteiger partial charge in [-0.15, -0.1) is 0 Å². The first-order valence-electron chi connectivity index (χ1n) is 7.62. The minimum atomic E-state index is -0.0575. The van der Waals surface area contributed by atoms with E-state index in [1.54, 1.807) is 12.1 Å². The number of phenols is 1. The van der Waals surface area contributed by atoms with Crippen molar-refractivity contribution in [3.63, 3.8) is 0 Å². The van der Waals surface area contributed by atoms with E-state index >= 15 is 0 Å². The second-order valence-electron chi connectivity index (χ2n) is 6.06. The maximum absolute atomic E-state index is 12.9. The first kappa shape index (κ1) is 13.9. The number of aromatic hydroxyl groups is 1. The third-order valence-electron chi connectivity index (χ3n) is 4.52. The largest absolute Gasteiger partial charge is 0.507 e. The molecule has 3 nitrogen and oxygen atoms in total. The second kappa shape index (κ2) is 5.40. The zero-order valence-electron chi connectivity index (χ0n) is 12.5. The van der Waals surface area contributed by atoms with Crippen molar-refractivity contribution < 1.29 is 9.90 Å². The highest BCUT2D eigenvalue weighted by Gasteiger charge is 2.30. The summed E-state index contributed by atoms with van der Waals surface area (Å²) in [7, 11) is 0. The summed E-state index contributed by atoms with van der Waals surface area (Å²) in [6, 6.07) is 11.7. The van der Waals surface area contributed by atoms with Gasteiger partial charge in [-0.3, -0.25) is 4.79 Å². The van der Waals surface area contributed by atoms with Crippen molar-refractivity contribution in [3.8, 4) is 5.75 Å². The summed E-state index contributed by atoms with van der Waals surface area (Å²) in [5.74, 6) is 0.0154. The molecule has 1 N–H and O–H groups in total. The highest BCUT2D eigenvalue weighted by atomic mass is 16.3. The third-order valence-corrected chi connectivity index (χ3v) is 4.52. The number of likely N-dealkylation sites (tertiary alicyclic amines) is 1. The molecule has 110 valence electrons. The molecule has 3 heteroatoms. The topological polar surface area (TPSA) is 40.5 Å². The smallest absolute Gasteiger partial charge is 0.258 e. The first-order valence-corrected chi connectivity index (χ1v) is 7.62. The number of hydrogen-bond acceptors (Lipinski definition) is 2. The molecule has 0 radical (unpaired) electrons. The van der Waals surface area contributed by atoms with E-state index in [0.29, 0.717) is 5.56 Å². The van der Waals surface area contributed by atoms with Gasteiger partial charge in [-0.05, 0) is 56.0 Å². The van der Waals surface area contributed by atoms with E-state index < -0.39 is 0 Å². The van der Waals surface area contributed by atoms with Crippen LogP contribution in [0.15, 0.2) is 36.4 Å². The fraction of sp³-hybridized carbons (Fsp3) is 0.389. The van der Waals surface area contributed by atoms with E-state index in [-0.39, 0.29) is 23.7 Å². The fourth-order valence-corrected chi connectivity index (χ4v) is 3.36. The van der Waals surface area contributed by atoms with Crippen molar-refractivity contribution in [2.75, 3.05) is 0 Å². The minimum Gasteiger partial charge on any atom is -0.507 e. The van der Waals surface area contributed by atoms with Crippen LogP contribution in [0.5, 0.6) is 5.75 Å². The van der Waals surface area contributed by atoms with Crippen molar-refractivity contribution in [2.24, 2.45) is 0 Å². The van der Waals surface area contributed by atoms with Gasteiger partial charge >= 0.3 is 0 Å². The van der Waals surface area contributed by atoms with Crippen LogP contribution < -0.4 is 0 Å². The number of piperidine rings is 1. The van der Waals surface area contributed by atoms with Crippen molar-refractivity contribution in [2.45, 2.75) is 45.2 Å². The van der Waals surface area contributed by atoms with Gasteiger partial charge in [0.25, 0.3) is 5.91 Å². The Morgan fingerprint density at radius 1 is 1.10 bits per heavy atom. The molecule has 2 aromatic carbocycles. The minimum absolute atomic E-state index is 0.0575. The molecule has 0 unspecified atom stereocenters. The quantitative estimate of drug-likeness (QED) is 0.861. The summed E-state index contributed by atoms with van der Waals surface area (Å²) in [5.41, 5.74) is 0.411. The van der Waals surface area contributed by atoms with E-state index in [1.165, 1.54) is 0 Å². The predicted octanol–water partition coefficient (Wildman–Crippen LogP) is 3.95. The lowest BCUT2D eigenvalue weighted by atomic mass is 9.95. The van der Waals surface area contributed by atoms with Gasteiger partial charge < -0.3 is 10.0 Å². The Kier molecular flexibility index (Phi) is 3.58. The maximum Gasteiger partial charge on any atom is 0.258 e. The molecular formula is C18H21NO2. The molecule has 1 amide bonds. The number of phenolic OH excluding ortho intramolecular Hbond substituents is 1. The maximum atomic E-state index is 12.9. The standard InChI is InChI=1S/C18H21NO2/c1-12-6-5-7-13(2)19(12)18(21)16-10-14-8-3-4-9-15(14)11-17(16)20/h3-4,8-13,20H,5-7H2,1-2H3/t12-,13+. The van der Waals surface area contributed by atoms with Gasteiger partial charge in [0, 0.05) is 12.1 Å². The third kappa shape index (κ3) is 2.48. The van der Waals surface area contributed by atoms with Gasteiger partial charge in [0.05, 0.1) is 5.56 Å². The number of benzene rings is 2. The zero-order valence-corrected chi connectivity index (χ0v) is 12.5. The van der Waals surface area contributed by atoms with E-state index in [4.69, 9.17) is 0 Å². The lowest BCUT2D eigenvalue weighted by Crippen LogP contribution is -2.47. The Morgan fingerprint density at radius 2 is 1.67 bits per heavy atom. The van der Waals surface area contributed by atoms with Crippen LogP contribution in [0, 0.1) is 0 Å². The molecule has 2 atom stereocenters. The van der Waals surface area contributed by atoms with Crippen molar-refractivity contribution in [1.82, 2.24) is 4.90 Å². The van der Waals surface area contributed by atoms with Gasteiger partial charge in [-0.25, -0.2) is 0 Å². The lowest BCUT2D eigenvalue weighted by Gasteiger charge is -2.39. The summed E-state index contributed by atoms with van der Waals surface area (Å²) in [6.07, 6.45) is 3.23. The molecule has 0 bridgehead atoms. The van der Waals surface area contributed by atoms with Crippen molar-refractivity contribution in [1.29, 1.82) is 0 Å². The van der Waals surface area contributed by atoms with Crippen LogP contribution in [-0.2, 0) is 0 Å². The van der Waals surface area contributed by atoms with Crippen LogP contribution >= 0.6 is 0 Å². The Balaban J connectivity index is 2.02. The molecular weight excluding hydrogens is 262 g/mol. The van der Waals surface area contributed by atoms with Gasteiger partial charge in [-0.1, -0.05) is 24.3 Å². The molecule has 3 rings (SSSR count). The Morgan fingerprint density at radius 3 is 2.29 bits per heavy atom. The van der Waals surface area contributed by atoms with Crippen LogP contribution in [0.4, 0.5) is 0 Å².